The predicted octanol–water partition coefficient (Wildman–Crippen LogP) is 0.907. The maximum absolute atomic E-state index is 12.5. The van der Waals surface area contributed by atoms with Gasteiger partial charge in [-0.2, -0.15) is 0 Å². The van der Waals surface area contributed by atoms with Crippen molar-refractivity contribution in [3.63, 3.8) is 0 Å². The molecular formula is C21H30N4O5. The first-order chi connectivity index (χ1) is 14.3. The topological polar surface area (TPSA) is 117 Å². The van der Waals surface area contributed by atoms with E-state index in [1.807, 2.05) is 20.8 Å². The second-order valence-electron chi connectivity index (χ2n) is 7.46. The second kappa shape index (κ2) is 11.3. The summed E-state index contributed by atoms with van der Waals surface area (Å²) < 4.78 is 5.07. The number of nitrogens with zero attached hydrogens (tertiary/aromatic N) is 1. The average Bonchev–Trinajstić information content (AvgIpc) is 2.68. The SMILES string of the molecule is CCCOC(=O)CC1C(=O)NCCN1CC(=O)Nc1cccc(C(=O)NC(C)C)c1. The monoisotopic (exact) mass is 418 g/mol. The minimum absolute atomic E-state index is 0.00180. The van der Waals surface area contributed by atoms with Crippen LogP contribution in [0.4, 0.5) is 5.69 Å². The van der Waals surface area contributed by atoms with E-state index in [9.17, 15) is 19.2 Å². The molecule has 0 radical (unpaired) electrons. The second-order valence-corrected chi connectivity index (χ2v) is 7.46. The van der Waals surface area contributed by atoms with Crippen LogP contribution in [0.1, 0.15) is 44.0 Å². The molecule has 0 spiro atoms. The maximum atomic E-state index is 12.5. The van der Waals surface area contributed by atoms with Crippen LogP contribution in [0.25, 0.3) is 0 Å². The van der Waals surface area contributed by atoms with Gasteiger partial charge in [0.25, 0.3) is 5.91 Å². The summed E-state index contributed by atoms with van der Waals surface area (Å²) in [6, 6.07) is 5.88. The highest BCUT2D eigenvalue weighted by atomic mass is 16.5. The van der Waals surface area contributed by atoms with Crippen LogP contribution < -0.4 is 16.0 Å². The highest BCUT2D eigenvalue weighted by Gasteiger charge is 2.33. The fourth-order valence-corrected chi connectivity index (χ4v) is 3.07. The summed E-state index contributed by atoms with van der Waals surface area (Å²) in [5.41, 5.74) is 0.923. The van der Waals surface area contributed by atoms with E-state index in [0.717, 1.165) is 0 Å². The van der Waals surface area contributed by atoms with Crippen molar-refractivity contribution in [1.29, 1.82) is 0 Å². The van der Waals surface area contributed by atoms with Gasteiger partial charge < -0.3 is 20.7 Å². The number of carbonyl (C=O) groups is 4. The molecule has 3 N–H and O–H groups in total. The molecule has 0 bridgehead atoms. The number of amides is 3. The quantitative estimate of drug-likeness (QED) is 0.513. The van der Waals surface area contributed by atoms with Crippen LogP contribution in [0.5, 0.6) is 0 Å². The number of piperazine rings is 1. The summed E-state index contributed by atoms with van der Waals surface area (Å²) in [5, 5.41) is 8.27. The van der Waals surface area contributed by atoms with Crippen LogP contribution in [-0.4, -0.2) is 66.9 Å². The van der Waals surface area contributed by atoms with Gasteiger partial charge >= 0.3 is 5.97 Å². The molecule has 0 saturated carbocycles. The summed E-state index contributed by atoms with van der Waals surface area (Å²) in [6.07, 6.45) is 0.590. The third-order valence-electron chi connectivity index (χ3n) is 4.44. The molecule has 1 aromatic rings. The summed E-state index contributed by atoms with van der Waals surface area (Å²) in [4.78, 5) is 50.5. The molecule has 1 aliphatic heterocycles. The third-order valence-corrected chi connectivity index (χ3v) is 4.44. The zero-order valence-corrected chi connectivity index (χ0v) is 17.7. The van der Waals surface area contributed by atoms with Gasteiger partial charge in [-0.25, -0.2) is 0 Å². The standard InChI is InChI=1S/C21H30N4O5/c1-4-10-30-19(27)12-17-21(29)22-8-9-25(17)13-18(26)24-16-7-5-6-15(11-16)20(28)23-14(2)3/h5-7,11,14,17H,4,8-10,12-13H2,1-3H3,(H,22,29)(H,23,28)(H,24,26). The Bertz CT molecular complexity index is 780. The average molecular weight is 418 g/mol. The number of esters is 1. The summed E-state index contributed by atoms with van der Waals surface area (Å²) in [6.45, 7) is 6.72. The third kappa shape index (κ3) is 7.14. The van der Waals surface area contributed by atoms with Gasteiger partial charge in [0.1, 0.15) is 6.04 Å². The van der Waals surface area contributed by atoms with E-state index in [2.05, 4.69) is 16.0 Å². The van der Waals surface area contributed by atoms with Crippen LogP contribution in [0.2, 0.25) is 0 Å². The van der Waals surface area contributed by atoms with Crippen LogP contribution in [0, 0.1) is 0 Å². The van der Waals surface area contributed by atoms with Gasteiger partial charge in [0.2, 0.25) is 11.8 Å². The first kappa shape index (κ1) is 23.3. The molecule has 1 fully saturated rings. The van der Waals surface area contributed by atoms with Gasteiger partial charge in [-0.3, -0.25) is 24.1 Å². The lowest BCUT2D eigenvalue weighted by atomic mass is 10.1. The molecule has 9 heteroatoms. The fourth-order valence-electron chi connectivity index (χ4n) is 3.07. The van der Waals surface area contributed by atoms with E-state index in [1.165, 1.54) is 0 Å². The van der Waals surface area contributed by atoms with Gasteiger partial charge in [0.05, 0.1) is 19.6 Å². The van der Waals surface area contributed by atoms with Crippen LogP contribution >= 0.6 is 0 Å². The number of nitrogens with one attached hydrogen (secondary N) is 3. The lowest BCUT2D eigenvalue weighted by Gasteiger charge is -2.33. The number of hydrogen-bond donors (Lipinski definition) is 3. The molecular weight excluding hydrogens is 388 g/mol. The number of benzene rings is 1. The number of rotatable bonds is 9. The highest BCUT2D eigenvalue weighted by molar-refractivity contribution is 5.98. The number of anilines is 1. The summed E-state index contributed by atoms with van der Waals surface area (Å²) in [7, 11) is 0. The van der Waals surface area contributed by atoms with Crippen molar-refractivity contribution in [2.75, 3.05) is 31.6 Å². The Balaban J connectivity index is 1.99. The maximum Gasteiger partial charge on any atom is 0.307 e. The first-order valence-corrected chi connectivity index (χ1v) is 10.2. The largest absolute Gasteiger partial charge is 0.466 e. The van der Waals surface area contributed by atoms with Gasteiger partial charge in [0.15, 0.2) is 0 Å². The Labute approximate surface area is 176 Å². The predicted molar refractivity (Wildman–Crippen MR) is 112 cm³/mol. The van der Waals surface area contributed by atoms with E-state index in [4.69, 9.17) is 4.74 Å². The Morgan fingerprint density at radius 3 is 2.77 bits per heavy atom. The van der Waals surface area contributed by atoms with Crippen molar-refractivity contribution in [1.82, 2.24) is 15.5 Å². The minimum Gasteiger partial charge on any atom is -0.466 e. The van der Waals surface area contributed by atoms with Crippen LogP contribution in [0.3, 0.4) is 0 Å². The smallest absolute Gasteiger partial charge is 0.307 e. The van der Waals surface area contributed by atoms with Crippen molar-refractivity contribution in [3.8, 4) is 0 Å². The van der Waals surface area contributed by atoms with Crippen molar-refractivity contribution in [2.45, 2.75) is 45.7 Å². The fraction of sp³-hybridized carbons (Fsp3) is 0.524. The molecule has 2 rings (SSSR count). The lowest BCUT2D eigenvalue weighted by Crippen LogP contribution is -2.57. The molecule has 164 valence electrons. The number of carbonyl (C=O) groups excluding carboxylic acids is 4. The van der Waals surface area contributed by atoms with Crippen LogP contribution in [0.15, 0.2) is 24.3 Å². The first-order valence-electron chi connectivity index (χ1n) is 10.2. The molecule has 1 aromatic carbocycles. The number of ether oxygens (including phenoxy) is 1. The Kier molecular flexibility index (Phi) is 8.79. The van der Waals surface area contributed by atoms with E-state index in [0.29, 0.717) is 37.4 Å². The van der Waals surface area contributed by atoms with Gasteiger partial charge in [-0.15, -0.1) is 0 Å². The molecule has 1 aliphatic rings. The molecule has 0 aliphatic carbocycles. The molecule has 30 heavy (non-hydrogen) atoms. The Hall–Kier alpha value is -2.94. The molecule has 1 unspecified atom stereocenters. The lowest BCUT2D eigenvalue weighted by molar-refractivity contribution is -0.148. The van der Waals surface area contributed by atoms with Gasteiger partial charge in [0, 0.05) is 30.4 Å². The van der Waals surface area contributed by atoms with Gasteiger partial charge in [-0.1, -0.05) is 13.0 Å². The molecule has 3 amide bonds. The van der Waals surface area contributed by atoms with E-state index >= 15 is 0 Å². The van der Waals surface area contributed by atoms with E-state index in [1.54, 1.807) is 29.2 Å². The van der Waals surface area contributed by atoms with Gasteiger partial charge in [-0.05, 0) is 38.5 Å². The highest BCUT2D eigenvalue weighted by Crippen LogP contribution is 2.13. The zero-order valence-electron chi connectivity index (χ0n) is 17.7. The normalized spacial score (nSPS) is 16.7. The zero-order chi connectivity index (χ0) is 22.1. The van der Waals surface area contributed by atoms with Crippen molar-refractivity contribution in [3.05, 3.63) is 29.8 Å². The molecule has 9 nitrogen and oxygen atoms in total. The van der Waals surface area contributed by atoms with Crippen LogP contribution in [-0.2, 0) is 19.1 Å². The Morgan fingerprint density at radius 2 is 2.07 bits per heavy atom. The van der Waals surface area contributed by atoms with Crippen molar-refractivity contribution < 1.29 is 23.9 Å². The summed E-state index contributed by atoms with van der Waals surface area (Å²) in [5.74, 6) is -1.32. The van der Waals surface area contributed by atoms with E-state index in [-0.39, 0.29) is 36.7 Å². The van der Waals surface area contributed by atoms with Crippen molar-refractivity contribution >= 4 is 29.4 Å². The number of hydrogen-bond acceptors (Lipinski definition) is 6. The molecule has 1 saturated heterocycles. The molecule has 0 aromatic heterocycles. The summed E-state index contributed by atoms with van der Waals surface area (Å²) >= 11 is 0. The van der Waals surface area contributed by atoms with Crippen molar-refractivity contribution in [2.24, 2.45) is 0 Å². The Morgan fingerprint density at radius 1 is 1.30 bits per heavy atom. The molecule has 1 heterocycles. The minimum atomic E-state index is -0.753. The van der Waals surface area contributed by atoms with E-state index < -0.39 is 12.0 Å². The molecule has 1 atom stereocenters.